The first-order valence-electron chi connectivity index (χ1n) is 10.4. The zero-order valence-corrected chi connectivity index (χ0v) is 17.5. The molecule has 0 spiro atoms. The Bertz CT molecular complexity index is 1240. The van der Waals surface area contributed by atoms with Crippen molar-refractivity contribution in [2.45, 2.75) is 18.8 Å². The van der Waals surface area contributed by atoms with Gasteiger partial charge in [0.25, 0.3) is 0 Å². The van der Waals surface area contributed by atoms with Crippen molar-refractivity contribution < 1.29 is 23.0 Å². The highest BCUT2D eigenvalue weighted by atomic mass is 19.1. The molecule has 3 aromatic carbocycles. The molecule has 1 aliphatic heterocycles. The van der Waals surface area contributed by atoms with Crippen molar-refractivity contribution in [1.82, 2.24) is 4.98 Å². The molecule has 0 atom stereocenters. The van der Waals surface area contributed by atoms with Crippen LogP contribution >= 0.6 is 0 Å². The van der Waals surface area contributed by atoms with Crippen LogP contribution in [0.25, 0.3) is 0 Å². The lowest BCUT2D eigenvalue weighted by Crippen LogP contribution is -2.29. The van der Waals surface area contributed by atoms with Gasteiger partial charge in [-0.1, -0.05) is 54.6 Å². The maximum Gasteiger partial charge on any atom is 0.172 e. The lowest BCUT2D eigenvalue weighted by molar-refractivity contribution is 0.0261. The van der Waals surface area contributed by atoms with Gasteiger partial charge in [-0.15, -0.1) is 0 Å². The normalized spacial score (nSPS) is 14.0. The SMILES string of the molecule is O=Cc1ncc2c(c1OCc1ccccc1)COC2(c1ccc(F)cc1)c1ccc(F)cc1. The predicted molar refractivity (Wildman–Crippen MR) is 118 cm³/mol. The van der Waals surface area contributed by atoms with Crippen molar-refractivity contribution >= 4 is 6.29 Å². The number of aldehydes is 1. The van der Waals surface area contributed by atoms with Crippen molar-refractivity contribution in [2.24, 2.45) is 0 Å². The van der Waals surface area contributed by atoms with Gasteiger partial charge in [-0.3, -0.25) is 4.79 Å². The molecule has 4 nitrogen and oxygen atoms in total. The number of ether oxygens (including phenoxy) is 2. The summed E-state index contributed by atoms with van der Waals surface area (Å²) in [6.45, 7) is 0.386. The van der Waals surface area contributed by atoms with E-state index in [4.69, 9.17) is 9.47 Å². The molecule has 5 rings (SSSR count). The Kier molecular flexibility index (Phi) is 5.44. The van der Waals surface area contributed by atoms with Crippen LogP contribution in [0.2, 0.25) is 0 Å². The fourth-order valence-electron chi connectivity index (χ4n) is 4.24. The predicted octanol–water partition coefficient (Wildman–Crippen LogP) is 5.57. The molecule has 0 unspecified atom stereocenters. The summed E-state index contributed by atoms with van der Waals surface area (Å²) in [4.78, 5) is 16.1. The Balaban J connectivity index is 1.66. The van der Waals surface area contributed by atoms with Gasteiger partial charge in [-0.25, -0.2) is 13.8 Å². The van der Waals surface area contributed by atoms with Crippen LogP contribution in [-0.2, 0) is 23.6 Å². The molecule has 6 heteroatoms. The summed E-state index contributed by atoms with van der Waals surface area (Å²) in [6, 6.07) is 21.5. The quantitative estimate of drug-likeness (QED) is 0.366. The minimum atomic E-state index is -1.16. The second-order valence-electron chi connectivity index (χ2n) is 7.74. The fourth-order valence-corrected chi connectivity index (χ4v) is 4.24. The third-order valence-electron chi connectivity index (χ3n) is 5.82. The zero-order valence-electron chi connectivity index (χ0n) is 17.5. The molecule has 0 saturated carbocycles. The average Bonchev–Trinajstić information content (AvgIpc) is 3.24. The average molecular weight is 443 g/mol. The van der Waals surface area contributed by atoms with Crippen LogP contribution in [0.5, 0.6) is 5.75 Å². The Hall–Kier alpha value is -3.90. The summed E-state index contributed by atoms with van der Waals surface area (Å²) in [5.74, 6) is -0.419. The zero-order chi connectivity index (χ0) is 22.8. The molecule has 0 fully saturated rings. The Morgan fingerprint density at radius 3 is 2.09 bits per heavy atom. The molecule has 2 heterocycles. The molecule has 0 aliphatic carbocycles. The van der Waals surface area contributed by atoms with Gasteiger partial charge in [-0.2, -0.15) is 0 Å². The Labute approximate surface area is 189 Å². The van der Waals surface area contributed by atoms with E-state index in [-0.39, 0.29) is 30.5 Å². The van der Waals surface area contributed by atoms with E-state index in [1.807, 2.05) is 30.3 Å². The van der Waals surface area contributed by atoms with Gasteiger partial charge >= 0.3 is 0 Å². The van der Waals surface area contributed by atoms with E-state index in [0.29, 0.717) is 34.3 Å². The van der Waals surface area contributed by atoms with E-state index >= 15 is 0 Å². The third-order valence-corrected chi connectivity index (χ3v) is 5.82. The Morgan fingerprint density at radius 1 is 0.909 bits per heavy atom. The van der Waals surface area contributed by atoms with Gasteiger partial charge in [0.15, 0.2) is 12.0 Å². The van der Waals surface area contributed by atoms with Gasteiger partial charge < -0.3 is 9.47 Å². The standard InChI is InChI=1S/C27H19F2NO3/c28-21-10-6-19(7-11-21)27(20-8-12-22(29)13-9-20)24-14-30-25(15-31)26(23(24)17-33-27)32-16-18-4-2-1-3-5-18/h1-15H,16-17H2. The first kappa shape index (κ1) is 21.0. The van der Waals surface area contributed by atoms with Gasteiger partial charge in [0.1, 0.15) is 29.5 Å². The molecule has 1 aromatic heterocycles. The Morgan fingerprint density at radius 2 is 1.52 bits per heavy atom. The lowest BCUT2D eigenvalue weighted by atomic mass is 9.80. The highest BCUT2D eigenvalue weighted by Crippen LogP contribution is 2.49. The van der Waals surface area contributed by atoms with E-state index in [1.54, 1.807) is 30.5 Å². The number of rotatable bonds is 6. The highest BCUT2D eigenvalue weighted by Gasteiger charge is 2.45. The van der Waals surface area contributed by atoms with Gasteiger partial charge in [0.2, 0.25) is 0 Å². The molecule has 0 amide bonds. The number of benzene rings is 3. The number of nitrogens with zero attached hydrogens (tertiary/aromatic N) is 1. The number of hydrogen-bond donors (Lipinski definition) is 0. The van der Waals surface area contributed by atoms with Crippen molar-refractivity contribution in [3.05, 3.63) is 130 Å². The van der Waals surface area contributed by atoms with E-state index in [0.717, 1.165) is 5.56 Å². The summed E-state index contributed by atoms with van der Waals surface area (Å²) >= 11 is 0. The molecule has 0 N–H and O–H groups in total. The second-order valence-corrected chi connectivity index (χ2v) is 7.74. The maximum absolute atomic E-state index is 13.7. The summed E-state index contributed by atoms with van der Waals surface area (Å²) < 4.78 is 39.9. The number of hydrogen-bond acceptors (Lipinski definition) is 4. The number of fused-ring (bicyclic) bond motifs is 1. The van der Waals surface area contributed by atoms with Crippen LogP contribution in [-0.4, -0.2) is 11.3 Å². The number of carbonyl (C=O) groups excluding carboxylic acids is 1. The molecule has 164 valence electrons. The molecular weight excluding hydrogens is 424 g/mol. The van der Waals surface area contributed by atoms with Crippen LogP contribution < -0.4 is 4.74 Å². The first-order chi connectivity index (χ1) is 16.1. The molecule has 33 heavy (non-hydrogen) atoms. The largest absolute Gasteiger partial charge is 0.486 e. The van der Waals surface area contributed by atoms with Crippen molar-refractivity contribution in [1.29, 1.82) is 0 Å². The van der Waals surface area contributed by atoms with Crippen LogP contribution in [0, 0.1) is 11.6 Å². The molecule has 0 bridgehead atoms. The van der Waals surface area contributed by atoms with E-state index in [9.17, 15) is 13.6 Å². The minimum Gasteiger partial charge on any atom is -0.486 e. The molecule has 1 aliphatic rings. The fraction of sp³-hybridized carbons (Fsp3) is 0.111. The number of carbonyl (C=O) groups is 1. The van der Waals surface area contributed by atoms with E-state index < -0.39 is 5.60 Å². The summed E-state index contributed by atoms with van der Waals surface area (Å²) in [5, 5.41) is 0. The monoisotopic (exact) mass is 443 g/mol. The van der Waals surface area contributed by atoms with Gasteiger partial charge in [0, 0.05) is 17.3 Å². The highest BCUT2D eigenvalue weighted by molar-refractivity contribution is 5.78. The van der Waals surface area contributed by atoms with Gasteiger partial charge in [-0.05, 0) is 41.0 Å². The van der Waals surface area contributed by atoms with Crippen LogP contribution in [0.1, 0.15) is 38.3 Å². The topological polar surface area (TPSA) is 48.4 Å². The first-order valence-corrected chi connectivity index (χ1v) is 10.4. The van der Waals surface area contributed by atoms with Crippen LogP contribution in [0.15, 0.2) is 85.1 Å². The van der Waals surface area contributed by atoms with Crippen molar-refractivity contribution in [3.63, 3.8) is 0 Å². The van der Waals surface area contributed by atoms with E-state index in [1.165, 1.54) is 24.3 Å². The number of pyridine rings is 1. The van der Waals surface area contributed by atoms with Gasteiger partial charge in [0.05, 0.1) is 6.61 Å². The lowest BCUT2D eigenvalue weighted by Gasteiger charge is -2.31. The second kappa shape index (κ2) is 8.56. The molecule has 4 aromatic rings. The van der Waals surface area contributed by atoms with Crippen molar-refractivity contribution in [3.8, 4) is 5.75 Å². The van der Waals surface area contributed by atoms with Crippen LogP contribution in [0.3, 0.4) is 0 Å². The number of halogens is 2. The third kappa shape index (κ3) is 3.68. The van der Waals surface area contributed by atoms with Crippen molar-refractivity contribution in [2.75, 3.05) is 0 Å². The molecule has 0 saturated heterocycles. The molecule has 0 radical (unpaired) electrons. The maximum atomic E-state index is 13.7. The summed E-state index contributed by atoms with van der Waals surface area (Å²) in [5.41, 5.74) is 2.60. The molecular formula is C27H19F2NO3. The van der Waals surface area contributed by atoms with E-state index in [2.05, 4.69) is 4.98 Å². The smallest absolute Gasteiger partial charge is 0.172 e. The summed E-state index contributed by atoms with van der Waals surface area (Å²) in [7, 11) is 0. The summed E-state index contributed by atoms with van der Waals surface area (Å²) in [6.07, 6.45) is 2.23. The minimum absolute atomic E-state index is 0.136. The van der Waals surface area contributed by atoms with Crippen LogP contribution in [0.4, 0.5) is 8.78 Å². The number of aromatic nitrogens is 1.